The first-order valence-electron chi connectivity index (χ1n) is 8.01. The molecule has 3 nitrogen and oxygen atoms in total. The lowest BCUT2D eigenvalue weighted by Gasteiger charge is -2.51. The molecule has 1 heterocycles. The molecule has 2 aliphatic rings. The zero-order valence-electron chi connectivity index (χ0n) is 13.3. The molecular weight excluding hydrogens is 236 g/mol. The Morgan fingerprint density at radius 2 is 1.89 bits per heavy atom. The van der Waals surface area contributed by atoms with Crippen molar-refractivity contribution in [2.75, 3.05) is 32.8 Å². The topological polar surface area (TPSA) is 24.5 Å². The fraction of sp³-hybridized carbons (Fsp3) is 1.00. The van der Waals surface area contributed by atoms with Gasteiger partial charge in [-0.2, -0.15) is 0 Å². The van der Waals surface area contributed by atoms with Crippen molar-refractivity contribution in [2.45, 2.75) is 64.5 Å². The van der Waals surface area contributed by atoms with E-state index in [9.17, 15) is 0 Å². The minimum Gasteiger partial charge on any atom is -0.380 e. The van der Waals surface area contributed by atoms with Crippen LogP contribution in [0.1, 0.15) is 53.4 Å². The molecule has 1 N–H and O–H groups in total. The van der Waals surface area contributed by atoms with E-state index < -0.39 is 0 Å². The van der Waals surface area contributed by atoms with Gasteiger partial charge in [0.15, 0.2) is 0 Å². The molecule has 1 saturated heterocycles. The maximum Gasteiger partial charge on any atom is 0.0593 e. The highest BCUT2D eigenvalue weighted by Gasteiger charge is 2.45. The van der Waals surface area contributed by atoms with Gasteiger partial charge in [-0.1, -0.05) is 26.7 Å². The molecule has 1 aliphatic heterocycles. The summed E-state index contributed by atoms with van der Waals surface area (Å²) in [5.41, 5.74) is 0.669. The molecule has 0 radical (unpaired) electrons. The van der Waals surface area contributed by atoms with Crippen LogP contribution in [-0.4, -0.2) is 48.8 Å². The first kappa shape index (κ1) is 15.3. The Labute approximate surface area is 119 Å². The average Bonchev–Trinajstić information content (AvgIpc) is 2.79. The van der Waals surface area contributed by atoms with Crippen LogP contribution in [0, 0.1) is 5.92 Å². The summed E-state index contributed by atoms with van der Waals surface area (Å²) in [4.78, 5) is 2.72. The van der Waals surface area contributed by atoms with Gasteiger partial charge in [0.2, 0.25) is 0 Å². The van der Waals surface area contributed by atoms with Gasteiger partial charge in [-0.15, -0.1) is 0 Å². The second kappa shape index (κ2) is 6.11. The van der Waals surface area contributed by atoms with Crippen LogP contribution in [0.3, 0.4) is 0 Å². The Bertz CT molecular complexity index is 282. The summed E-state index contributed by atoms with van der Waals surface area (Å²) in [6.45, 7) is 14.2. The van der Waals surface area contributed by atoms with Crippen molar-refractivity contribution in [2.24, 2.45) is 5.92 Å². The van der Waals surface area contributed by atoms with E-state index in [1.807, 2.05) is 0 Å². The van der Waals surface area contributed by atoms with Gasteiger partial charge >= 0.3 is 0 Å². The fourth-order valence-electron chi connectivity index (χ4n) is 3.55. The van der Waals surface area contributed by atoms with E-state index in [2.05, 4.69) is 37.9 Å². The summed E-state index contributed by atoms with van der Waals surface area (Å²) < 4.78 is 5.81. The summed E-state index contributed by atoms with van der Waals surface area (Å²) in [7, 11) is 0. The lowest BCUT2D eigenvalue weighted by Crippen LogP contribution is -2.67. The van der Waals surface area contributed by atoms with E-state index in [4.69, 9.17) is 4.74 Å². The number of hydrogen-bond acceptors (Lipinski definition) is 3. The highest BCUT2D eigenvalue weighted by atomic mass is 16.5. The first-order valence-corrected chi connectivity index (χ1v) is 8.01. The van der Waals surface area contributed by atoms with Crippen molar-refractivity contribution in [1.82, 2.24) is 10.2 Å². The predicted molar refractivity (Wildman–Crippen MR) is 80.5 cm³/mol. The lowest BCUT2D eigenvalue weighted by atomic mass is 9.87. The third-order valence-electron chi connectivity index (χ3n) is 4.64. The SMILES string of the molecule is CC(C)COCCN1CC(C)(C)NCC12CCCC2. The van der Waals surface area contributed by atoms with E-state index in [0.717, 1.165) is 32.8 Å². The molecule has 0 atom stereocenters. The second-order valence-electron chi connectivity index (χ2n) is 7.56. The third kappa shape index (κ3) is 3.93. The fourth-order valence-corrected chi connectivity index (χ4v) is 3.55. The van der Waals surface area contributed by atoms with E-state index in [1.54, 1.807) is 0 Å². The highest BCUT2D eigenvalue weighted by Crippen LogP contribution is 2.38. The highest BCUT2D eigenvalue weighted by molar-refractivity contribution is 5.04. The van der Waals surface area contributed by atoms with Crippen molar-refractivity contribution in [3.63, 3.8) is 0 Å². The number of nitrogens with zero attached hydrogens (tertiary/aromatic N) is 1. The molecule has 112 valence electrons. The van der Waals surface area contributed by atoms with Crippen molar-refractivity contribution < 1.29 is 4.74 Å². The largest absolute Gasteiger partial charge is 0.380 e. The summed E-state index contributed by atoms with van der Waals surface area (Å²) in [6, 6.07) is 0. The molecular formula is C16H32N2O. The Hall–Kier alpha value is -0.120. The van der Waals surface area contributed by atoms with E-state index >= 15 is 0 Å². The molecule has 0 aromatic rings. The molecule has 3 heteroatoms. The summed E-state index contributed by atoms with van der Waals surface area (Å²) >= 11 is 0. The van der Waals surface area contributed by atoms with Gasteiger partial charge < -0.3 is 10.1 Å². The first-order chi connectivity index (χ1) is 8.94. The van der Waals surface area contributed by atoms with Crippen molar-refractivity contribution in [1.29, 1.82) is 0 Å². The van der Waals surface area contributed by atoms with Gasteiger partial charge in [-0.05, 0) is 32.6 Å². The molecule has 19 heavy (non-hydrogen) atoms. The molecule has 1 spiro atoms. The van der Waals surface area contributed by atoms with Crippen molar-refractivity contribution >= 4 is 0 Å². The standard InChI is InChI=1S/C16H32N2O/c1-14(2)11-19-10-9-18-13-15(3,4)17-12-16(18)7-5-6-8-16/h14,17H,5-13H2,1-4H3. The van der Waals surface area contributed by atoms with Crippen LogP contribution in [0.5, 0.6) is 0 Å². The van der Waals surface area contributed by atoms with E-state index in [-0.39, 0.29) is 5.54 Å². The Kier molecular flexibility index (Phi) is 4.91. The average molecular weight is 268 g/mol. The molecule has 0 aromatic carbocycles. The monoisotopic (exact) mass is 268 g/mol. The third-order valence-corrected chi connectivity index (χ3v) is 4.64. The molecule has 0 amide bonds. The molecule has 2 rings (SSSR count). The van der Waals surface area contributed by atoms with Gasteiger partial charge in [0.05, 0.1) is 6.61 Å². The number of hydrogen-bond donors (Lipinski definition) is 1. The van der Waals surface area contributed by atoms with Gasteiger partial charge in [0.1, 0.15) is 0 Å². The normalized spacial score (nSPS) is 26.4. The minimum atomic E-state index is 0.242. The van der Waals surface area contributed by atoms with Crippen molar-refractivity contribution in [3.8, 4) is 0 Å². The van der Waals surface area contributed by atoms with Crippen LogP contribution in [0.15, 0.2) is 0 Å². The van der Waals surface area contributed by atoms with Crippen LogP contribution in [0.4, 0.5) is 0 Å². The Morgan fingerprint density at radius 1 is 1.21 bits per heavy atom. The minimum absolute atomic E-state index is 0.242. The zero-order chi connectivity index (χ0) is 13.9. The number of rotatable bonds is 5. The quantitative estimate of drug-likeness (QED) is 0.776. The zero-order valence-corrected chi connectivity index (χ0v) is 13.3. The second-order valence-corrected chi connectivity index (χ2v) is 7.56. The van der Waals surface area contributed by atoms with E-state index in [1.165, 1.54) is 25.7 Å². The maximum atomic E-state index is 5.81. The molecule has 1 aliphatic carbocycles. The summed E-state index contributed by atoms with van der Waals surface area (Å²) in [5, 5.41) is 3.75. The van der Waals surface area contributed by atoms with Crippen molar-refractivity contribution in [3.05, 3.63) is 0 Å². The van der Waals surface area contributed by atoms with Gasteiger partial charge in [0, 0.05) is 37.3 Å². The van der Waals surface area contributed by atoms with Crippen LogP contribution >= 0.6 is 0 Å². The van der Waals surface area contributed by atoms with Crippen LogP contribution in [0.25, 0.3) is 0 Å². The van der Waals surface area contributed by atoms with Crippen LogP contribution in [-0.2, 0) is 4.74 Å². The lowest BCUT2D eigenvalue weighted by molar-refractivity contribution is -0.00774. The summed E-state index contributed by atoms with van der Waals surface area (Å²) in [5.74, 6) is 0.639. The van der Waals surface area contributed by atoms with E-state index in [0.29, 0.717) is 11.5 Å². The number of ether oxygens (including phenoxy) is 1. The summed E-state index contributed by atoms with van der Waals surface area (Å²) in [6.07, 6.45) is 5.51. The smallest absolute Gasteiger partial charge is 0.0593 e. The predicted octanol–water partition coefficient (Wildman–Crippen LogP) is 2.66. The molecule has 0 aromatic heterocycles. The van der Waals surface area contributed by atoms with Crippen LogP contribution < -0.4 is 5.32 Å². The molecule has 2 fully saturated rings. The van der Waals surface area contributed by atoms with Gasteiger partial charge in [0.25, 0.3) is 0 Å². The maximum absolute atomic E-state index is 5.81. The Balaban J connectivity index is 1.88. The van der Waals surface area contributed by atoms with Gasteiger partial charge in [-0.3, -0.25) is 4.90 Å². The number of piperazine rings is 1. The molecule has 1 saturated carbocycles. The van der Waals surface area contributed by atoms with Crippen LogP contribution in [0.2, 0.25) is 0 Å². The molecule has 0 bridgehead atoms. The molecule has 0 unspecified atom stereocenters. The van der Waals surface area contributed by atoms with Gasteiger partial charge in [-0.25, -0.2) is 0 Å². The number of nitrogens with one attached hydrogen (secondary N) is 1. The Morgan fingerprint density at radius 3 is 2.53 bits per heavy atom.